The minimum Gasteiger partial charge on any atom is -0.494 e. The van der Waals surface area contributed by atoms with Gasteiger partial charge in [-0.3, -0.25) is 9.36 Å². The van der Waals surface area contributed by atoms with Gasteiger partial charge in [-0.15, -0.1) is 0 Å². The van der Waals surface area contributed by atoms with E-state index < -0.39 is 12.0 Å². The van der Waals surface area contributed by atoms with Crippen LogP contribution in [-0.4, -0.2) is 37.0 Å². The SMILES string of the molecule is CCOC(=O)C1=C(C)N=c2sc(=Cc3ccc4c(c3)OCCO4)c(=O)n2C1c1ccc(OCC)cc1. The van der Waals surface area contributed by atoms with Crippen molar-refractivity contribution in [2.24, 2.45) is 4.99 Å². The third-order valence-electron chi connectivity index (χ3n) is 5.89. The number of carbonyl (C=O) groups is 1. The van der Waals surface area contributed by atoms with Gasteiger partial charge in [0.25, 0.3) is 5.56 Å². The summed E-state index contributed by atoms with van der Waals surface area (Å²) >= 11 is 1.28. The lowest BCUT2D eigenvalue weighted by Crippen LogP contribution is -2.39. The van der Waals surface area contributed by atoms with Crippen molar-refractivity contribution in [3.63, 3.8) is 0 Å². The Morgan fingerprint density at radius 2 is 1.86 bits per heavy atom. The molecule has 186 valence electrons. The Labute approximate surface area is 211 Å². The Hall–Kier alpha value is -3.85. The number of hydrogen-bond acceptors (Lipinski definition) is 8. The highest BCUT2D eigenvalue weighted by molar-refractivity contribution is 7.07. The molecule has 0 amide bonds. The lowest BCUT2D eigenvalue weighted by atomic mass is 9.96. The molecule has 36 heavy (non-hydrogen) atoms. The Bertz CT molecular complexity index is 1520. The second-order valence-electron chi connectivity index (χ2n) is 8.21. The molecule has 9 heteroatoms. The van der Waals surface area contributed by atoms with Gasteiger partial charge >= 0.3 is 5.97 Å². The molecule has 0 saturated heterocycles. The zero-order chi connectivity index (χ0) is 25.2. The number of aromatic nitrogens is 1. The highest BCUT2D eigenvalue weighted by atomic mass is 32.1. The van der Waals surface area contributed by atoms with Crippen LogP contribution >= 0.6 is 11.3 Å². The maximum atomic E-state index is 13.7. The van der Waals surface area contributed by atoms with Gasteiger partial charge in [0.2, 0.25) is 0 Å². The van der Waals surface area contributed by atoms with Crippen molar-refractivity contribution in [2.75, 3.05) is 26.4 Å². The van der Waals surface area contributed by atoms with E-state index >= 15 is 0 Å². The lowest BCUT2D eigenvalue weighted by Gasteiger charge is -2.24. The van der Waals surface area contributed by atoms with E-state index in [9.17, 15) is 9.59 Å². The number of carbonyl (C=O) groups excluding carboxylic acids is 1. The van der Waals surface area contributed by atoms with Crippen molar-refractivity contribution in [1.82, 2.24) is 4.57 Å². The number of benzene rings is 2. The second kappa shape index (κ2) is 10.0. The number of fused-ring (bicyclic) bond motifs is 2. The maximum Gasteiger partial charge on any atom is 0.338 e. The molecular formula is C27H26N2O6S. The summed E-state index contributed by atoms with van der Waals surface area (Å²) in [4.78, 5) is 31.9. The van der Waals surface area contributed by atoms with Crippen molar-refractivity contribution in [1.29, 1.82) is 0 Å². The molecule has 5 rings (SSSR count). The van der Waals surface area contributed by atoms with E-state index in [1.54, 1.807) is 24.5 Å². The number of allylic oxidation sites excluding steroid dienone is 1. The maximum absolute atomic E-state index is 13.7. The van der Waals surface area contributed by atoms with Crippen molar-refractivity contribution >= 4 is 23.4 Å². The molecule has 3 heterocycles. The monoisotopic (exact) mass is 506 g/mol. The fraction of sp³-hybridized carbons (Fsp3) is 0.296. The van der Waals surface area contributed by atoms with Gasteiger partial charge in [0.15, 0.2) is 16.3 Å². The third-order valence-corrected chi connectivity index (χ3v) is 6.87. The van der Waals surface area contributed by atoms with Crippen LogP contribution in [0.2, 0.25) is 0 Å². The first kappa shape index (κ1) is 23.9. The standard InChI is InChI=1S/C27H26N2O6S/c1-4-32-19-9-7-18(8-10-19)24-23(26(31)33-5-2)16(3)28-27-29(24)25(30)22(36-27)15-17-6-11-20-21(14-17)35-13-12-34-20/h6-11,14-15,24H,4-5,12-13H2,1-3H3. The van der Waals surface area contributed by atoms with Crippen LogP contribution in [0.4, 0.5) is 0 Å². The summed E-state index contributed by atoms with van der Waals surface area (Å²) in [6.45, 7) is 7.20. The Morgan fingerprint density at radius 1 is 1.11 bits per heavy atom. The molecule has 8 nitrogen and oxygen atoms in total. The number of ether oxygens (including phenoxy) is 4. The van der Waals surface area contributed by atoms with Crippen LogP contribution in [0.5, 0.6) is 17.2 Å². The van der Waals surface area contributed by atoms with E-state index in [1.165, 1.54) is 11.3 Å². The lowest BCUT2D eigenvalue weighted by molar-refractivity contribution is -0.139. The van der Waals surface area contributed by atoms with Gasteiger partial charge in [0.1, 0.15) is 19.0 Å². The topological polar surface area (TPSA) is 88.4 Å². The van der Waals surface area contributed by atoms with Crippen LogP contribution < -0.4 is 29.1 Å². The molecular weight excluding hydrogens is 480 g/mol. The molecule has 0 saturated carbocycles. The first-order valence-corrected chi connectivity index (χ1v) is 12.6. The predicted octanol–water partition coefficient (Wildman–Crippen LogP) is 2.97. The van der Waals surface area contributed by atoms with E-state index in [2.05, 4.69) is 4.99 Å². The molecule has 1 unspecified atom stereocenters. The zero-order valence-corrected chi connectivity index (χ0v) is 21.1. The van der Waals surface area contributed by atoms with Gasteiger partial charge in [0, 0.05) is 0 Å². The fourth-order valence-corrected chi connectivity index (χ4v) is 5.37. The average molecular weight is 507 g/mol. The molecule has 0 fully saturated rings. The first-order chi connectivity index (χ1) is 17.5. The largest absolute Gasteiger partial charge is 0.494 e. The van der Waals surface area contributed by atoms with Crippen molar-refractivity contribution in [2.45, 2.75) is 26.8 Å². The second-order valence-corrected chi connectivity index (χ2v) is 9.22. The van der Waals surface area contributed by atoms with Gasteiger partial charge < -0.3 is 18.9 Å². The van der Waals surface area contributed by atoms with Crippen LogP contribution in [-0.2, 0) is 9.53 Å². The van der Waals surface area contributed by atoms with Crippen LogP contribution in [0.3, 0.4) is 0 Å². The molecule has 0 spiro atoms. The molecule has 1 atom stereocenters. The third kappa shape index (κ3) is 4.42. The summed E-state index contributed by atoms with van der Waals surface area (Å²) in [5.74, 6) is 1.56. The van der Waals surface area contributed by atoms with Crippen LogP contribution in [0.25, 0.3) is 6.08 Å². The highest BCUT2D eigenvalue weighted by Crippen LogP contribution is 2.32. The predicted molar refractivity (Wildman–Crippen MR) is 135 cm³/mol. The quantitative estimate of drug-likeness (QED) is 0.478. The van der Waals surface area contributed by atoms with Gasteiger partial charge in [-0.1, -0.05) is 29.5 Å². The Kier molecular flexibility index (Phi) is 6.65. The first-order valence-electron chi connectivity index (χ1n) is 11.8. The van der Waals surface area contributed by atoms with Crippen molar-refractivity contribution < 1.29 is 23.7 Å². The molecule has 2 aliphatic rings. The summed E-state index contributed by atoms with van der Waals surface area (Å²) in [6.07, 6.45) is 1.81. The number of rotatable bonds is 6. The highest BCUT2D eigenvalue weighted by Gasteiger charge is 2.33. The minimum atomic E-state index is -0.668. The summed E-state index contributed by atoms with van der Waals surface area (Å²) in [6, 6.07) is 12.3. The molecule has 0 bridgehead atoms. The average Bonchev–Trinajstić information content (AvgIpc) is 3.18. The van der Waals surface area contributed by atoms with Crippen molar-refractivity contribution in [3.8, 4) is 17.2 Å². The van der Waals surface area contributed by atoms with E-state index in [0.717, 1.165) is 11.1 Å². The number of thiazole rings is 1. The van der Waals surface area contributed by atoms with Gasteiger partial charge in [0.05, 0.1) is 35.1 Å². The molecule has 2 aliphatic heterocycles. The summed E-state index contributed by atoms with van der Waals surface area (Å²) in [5.41, 5.74) is 2.21. The summed E-state index contributed by atoms with van der Waals surface area (Å²) in [7, 11) is 0. The molecule has 0 radical (unpaired) electrons. The summed E-state index contributed by atoms with van der Waals surface area (Å²) < 4.78 is 24.3. The van der Waals surface area contributed by atoms with Crippen LogP contribution in [0.15, 0.2) is 63.5 Å². The normalized spacial score (nSPS) is 16.9. The van der Waals surface area contributed by atoms with Crippen LogP contribution in [0.1, 0.15) is 37.9 Å². The van der Waals surface area contributed by atoms with Gasteiger partial charge in [-0.05, 0) is 62.2 Å². The fourth-order valence-electron chi connectivity index (χ4n) is 4.32. The van der Waals surface area contributed by atoms with Gasteiger partial charge in [-0.2, -0.15) is 0 Å². The summed E-state index contributed by atoms with van der Waals surface area (Å²) in [5, 5.41) is 0. The van der Waals surface area contributed by atoms with Crippen LogP contribution in [0, 0.1) is 0 Å². The minimum absolute atomic E-state index is 0.222. The van der Waals surface area contributed by atoms with Crippen molar-refractivity contribution in [3.05, 3.63) is 84.5 Å². The van der Waals surface area contributed by atoms with E-state index in [-0.39, 0.29) is 12.2 Å². The smallest absolute Gasteiger partial charge is 0.338 e. The molecule has 3 aromatic rings. The van der Waals surface area contributed by atoms with E-state index in [0.29, 0.717) is 57.7 Å². The molecule has 0 aliphatic carbocycles. The van der Waals surface area contributed by atoms with Gasteiger partial charge in [-0.25, -0.2) is 9.79 Å². The van der Waals surface area contributed by atoms with E-state index in [4.69, 9.17) is 18.9 Å². The Balaban J connectivity index is 1.65. The Morgan fingerprint density at radius 3 is 2.58 bits per heavy atom. The number of hydrogen-bond donors (Lipinski definition) is 0. The zero-order valence-electron chi connectivity index (χ0n) is 20.3. The number of esters is 1. The molecule has 0 N–H and O–H groups in total. The number of nitrogens with zero attached hydrogens (tertiary/aromatic N) is 2. The molecule has 1 aromatic heterocycles. The molecule has 2 aromatic carbocycles. The van der Waals surface area contributed by atoms with E-state index in [1.807, 2.05) is 49.4 Å².